The van der Waals surface area contributed by atoms with Gasteiger partial charge in [0.1, 0.15) is 11.5 Å². The first-order chi connectivity index (χ1) is 16.0. The SMILES string of the molecule is COc1ccc(OCC(=O)N(CCCN2CCOCC2)c2nc3c(C)ccc(Cl)c3s2)cc1. The number of halogens is 1. The molecule has 9 heteroatoms. The molecule has 0 radical (unpaired) electrons. The normalized spacial score (nSPS) is 14.4. The number of anilines is 1. The second-order valence-corrected chi connectivity index (χ2v) is 9.24. The molecule has 1 aromatic heterocycles. The highest BCUT2D eigenvalue weighted by Crippen LogP contribution is 2.35. The predicted molar refractivity (Wildman–Crippen MR) is 132 cm³/mol. The summed E-state index contributed by atoms with van der Waals surface area (Å²) >= 11 is 7.86. The number of hydrogen-bond acceptors (Lipinski definition) is 7. The fourth-order valence-corrected chi connectivity index (χ4v) is 5.07. The molecule has 0 atom stereocenters. The second-order valence-electron chi connectivity index (χ2n) is 7.86. The van der Waals surface area contributed by atoms with E-state index in [0.717, 1.165) is 60.8 Å². The van der Waals surface area contributed by atoms with Crippen LogP contribution in [-0.2, 0) is 9.53 Å². The number of amides is 1. The lowest BCUT2D eigenvalue weighted by atomic mass is 10.2. The highest BCUT2D eigenvalue weighted by atomic mass is 35.5. The molecule has 1 amide bonds. The molecule has 1 fully saturated rings. The number of rotatable bonds is 9. The van der Waals surface area contributed by atoms with E-state index in [1.165, 1.54) is 11.3 Å². The van der Waals surface area contributed by atoms with Crippen LogP contribution in [0.2, 0.25) is 5.02 Å². The molecule has 0 unspecified atom stereocenters. The van der Waals surface area contributed by atoms with Crippen molar-refractivity contribution in [2.75, 3.05) is 58.0 Å². The van der Waals surface area contributed by atoms with Gasteiger partial charge in [0.15, 0.2) is 11.7 Å². The van der Waals surface area contributed by atoms with E-state index in [1.807, 2.05) is 19.1 Å². The van der Waals surface area contributed by atoms with E-state index in [4.69, 9.17) is 30.8 Å². The summed E-state index contributed by atoms with van der Waals surface area (Å²) < 4.78 is 17.3. The van der Waals surface area contributed by atoms with Crippen molar-refractivity contribution in [1.82, 2.24) is 9.88 Å². The van der Waals surface area contributed by atoms with Gasteiger partial charge in [0.05, 0.1) is 35.6 Å². The molecule has 1 aliphatic rings. The molecule has 0 bridgehead atoms. The number of ether oxygens (including phenoxy) is 3. The van der Waals surface area contributed by atoms with E-state index >= 15 is 0 Å². The third-order valence-electron chi connectivity index (χ3n) is 5.60. The van der Waals surface area contributed by atoms with Crippen LogP contribution in [0, 0.1) is 6.92 Å². The Morgan fingerprint density at radius 3 is 2.61 bits per heavy atom. The molecular formula is C24H28ClN3O4S. The van der Waals surface area contributed by atoms with Crippen LogP contribution in [0.3, 0.4) is 0 Å². The fraction of sp³-hybridized carbons (Fsp3) is 0.417. The van der Waals surface area contributed by atoms with E-state index in [1.54, 1.807) is 36.3 Å². The van der Waals surface area contributed by atoms with Crippen molar-refractivity contribution in [2.45, 2.75) is 13.3 Å². The zero-order chi connectivity index (χ0) is 23.2. The van der Waals surface area contributed by atoms with Crippen LogP contribution in [0.4, 0.5) is 5.13 Å². The average molecular weight is 490 g/mol. The number of carbonyl (C=O) groups is 1. The van der Waals surface area contributed by atoms with Gasteiger partial charge in [-0.3, -0.25) is 14.6 Å². The molecule has 0 aliphatic carbocycles. The molecule has 2 aromatic carbocycles. The number of carbonyl (C=O) groups excluding carboxylic acids is 1. The Hall–Kier alpha value is -2.39. The van der Waals surface area contributed by atoms with Gasteiger partial charge in [0.2, 0.25) is 0 Å². The molecule has 1 aliphatic heterocycles. The smallest absolute Gasteiger partial charge is 0.266 e. The van der Waals surface area contributed by atoms with Crippen LogP contribution in [-0.4, -0.2) is 68.9 Å². The van der Waals surface area contributed by atoms with Gasteiger partial charge >= 0.3 is 0 Å². The minimum Gasteiger partial charge on any atom is -0.497 e. The molecule has 2 heterocycles. The number of aryl methyl sites for hydroxylation is 1. The Balaban J connectivity index is 1.49. The monoisotopic (exact) mass is 489 g/mol. The van der Waals surface area contributed by atoms with Crippen molar-refractivity contribution in [3.8, 4) is 11.5 Å². The van der Waals surface area contributed by atoms with Gasteiger partial charge < -0.3 is 14.2 Å². The van der Waals surface area contributed by atoms with Crippen molar-refractivity contribution in [1.29, 1.82) is 0 Å². The van der Waals surface area contributed by atoms with Crippen molar-refractivity contribution in [3.63, 3.8) is 0 Å². The number of methoxy groups -OCH3 is 1. The highest BCUT2D eigenvalue weighted by molar-refractivity contribution is 7.23. The number of hydrogen-bond donors (Lipinski definition) is 0. The molecule has 0 N–H and O–H groups in total. The first-order valence-electron chi connectivity index (χ1n) is 11.0. The van der Waals surface area contributed by atoms with Gasteiger partial charge in [0.25, 0.3) is 5.91 Å². The lowest BCUT2D eigenvalue weighted by Crippen LogP contribution is -2.40. The zero-order valence-electron chi connectivity index (χ0n) is 18.9. The Morgan fingerprint density at radius 2 is 1.91 bits per heavy atom. The quantitative estimate of drug-likeness (QED) is 0.444. The summed E-state index contributed by atoms with van der Waals surface area (Å²) in [6.45, 7) is 6.73. The van der Waals surface area contributed by atoms with Gasteiger partial charge in [0, 0.05) is 26.2 Å². The van der Waals surface area contributed by atoms with Crippen LogP contribution in [0.25, 0.3) is 10.2 Å². The van der Waals surface area contributed by atoms with Crippen LogP contribution >= 0.6 is 22.9 Å². The molecule has 3 aromatic rings. The van der Waals surface area contributed by atoms with E-state index < -0.39 is 0 Å². The number of aromatic nitrogens is 1. The van der Waals surface area contributed by atoms with E-state index in [9.17, 15) is 4.79 Å². The Kier molecular flexibility index (Phi) is 8.03. The fourth-order valence-electron chi connectivity index (χ4n) is 3.71. The number of fused-ring (bicyclic) bond motifs is 1. The maximum atomic E-state index is 13.2. The highest BCUT2D eigenvalue weighted by Gasteiger charge is 2.22. The predicted octanol–water partition coefficient (Wildman–Crippen LogP) is 4.40. The molecule has 0 saturated carbocycles. The summed E-state index contributed by atoms with van der Waals surface area (Å²) in [5.74, 6) is 1.21. The first kappa shape index (κ1) is 23.8. The first-order valence-corrected chi connectivity index (χ1v) is 12.2. The molecule has 7 nitrogen and oxygen atoms in total. The summed E-state index contributed by atoms with van der Waals surface area (Å²) in [4.78, 5) is 22.1. The summed E-state index contributed by atoms with van der Waals surface area (Å²) in [7, 11) is 1.61. The molecule has 176 valence electrons. The van der Waals surface area contributed by atoms with E-state index in [0.29, 0.717) is 22.4 Å². The van der Waals surface area contributed by atoms with Gasteiger partial charge in [-0.25, -0.2) is 4.98 Å². The van der Waals surface area contributed by atoms with Crippen LogP contribution in [0.1, 0.15) is 12.0 Å². The Bertz CT molecular complexity index is 1040. The van der Waals surface area contributed by atoms with Gasteiger partial charge in [-0.2, -0.15) is 0 Å². The van der Waals surface area contributed by atoms with Gasteiger partial charge in [-0.1, -0.05) is 29.0 Å². The Labute approximate surface area is 202 Å². The summed E-state index contributed by atoms with van der Waals surface area (Å²) in [5.41, 5.74) is 1.87. The van der Waals surface area contributed by atoms with E-state index in [-0.39, 0.29) is 12.5 Å². The number of thiazole rings is 1. The molecule has 1 saturated heterocycles. The van der Waals surface area contributed by atoms with Crippen molar-refractivity contribution < 1.29 is 19.0 Å². The van der Waals surface area contributed by atoms with Gasteiger partial charge in [-0.15, -0.1) is 0 Å². The zero-order valence-corrected chi connectivity index (χ0v) is 20.5. The Morgan fingerprint density at radius 1 is 1.18 bits per heavy atom. The topological polar surface area (TPSA) is 64.1 Å². The second kappa shape index (κ2) is 11.2. The van der Waals surface area contributed by atoms with Crippen molar-refractivity contribution >= 4 is 44.2 Å². The van der Waals surface area contributed by atoms with Crippen LogP contribution < -0.4 is 14.4 Å². The number of morpholine rings is 1. The summed E-state index contributed by atoms with van der Waals surface area (Å²) in [5, 5.41) is 1.29. The van der Waals surface area contributed by atoms with Crippen molar-refractivity contribution in [2.24, 2.45) is 0 Å². The summed E-state index contributed by atoms with van der Waals surface area (Å²) in [6, 6.07) is 11.0. The van der Waals surface area contributed by atoms with Crippen molar-refractivity contribution in [3.05, 3.63) is 47.0 Å². The third-order valence-corrected chi connectivity index (χ3v) is 7.14. The molecule has 0 spiro atoms. The minimum atomic E-state index is -0.138. The largest absolute Gasteiger partial charge is 0.497 e. The average Bonchev–Trinajstić information content (AvgIpc) is 3.30. The molecule has 4 rings (SSSR count). The number of nitrogens with zero attached hydrogens (tertiary/aromatic N) is 3. The number of benzene rings is 2. The third kappa shape index (κ3) is 5.95. The van der Waals surface area contributed by atoms with Crippen LogP contribution in [0.5, 0.6) is 11.5 Å². The minimum absolute atomic E-state index is 0.0769. The lowest BCUT2D eigenvalue weighted by molar-refractivity contribution is -0.120. The van der Waals surface area contributed by atoms with Crippen LogP contribution in [0.15, 0.2) is 36.4 Å². The van der Waals surface area contributed by atoms with Gasteiger partial charge in [-0.05, 0) is 49.2 Å². The molecular weight excluding hydrogens is 462 g/mol. The van der Waals surface area contributed by atoms with E-state index in [2.05, 4.69) is 4.90 Å². The maximum absolute atomic E-state index is 13.2. The summed E-state index contributed by atoms with van der Waals surface area (Å²) in [6.07, 6.45) is 0.830. The standard InChI is InChI=1S/C24H28ClN3O4S/c1-17-4-9-20(25)23-22(17)26-24(33-23)28(11-3-10-27-12-14-31-15-13-27)21(29)16-32-19-7-5-18(30-2)6-8-19/h4-9H,3,10-16H2,1-2H3. The molecule has 33 heavy (non-hydrogen) atoms. The maximum Gasteiger partial charge on any atom is 0.266 e. The lowest BCUT2D eigenvalue weighted by Gasteiger charge is -2.27.